The molecule has 1 aromatic rings. The number of guanidine groups is 1. The van der Waals surface area contributed by atoms with Crippen molar-refractivity contribution in [2.45, 2.75) is 32.2 Å². The fraction of sp³-hybridized carbons (Fsp3) is 0.619. The van der Waals surface area contributed by atoms with Gasteiger partial charge in [-0.05, 0) is 18.9 Å². The summed E-state index contributed by atoms with van der Waals surface area (Å²) in [5.74, 6) is 1.10. The summed E-state index contributed by atoms with van der Waals surface area (Å²) in [4.78, 5) is 21.1. The summed E-state index contributed by atoms with van der Waals surface area (Å²) in [5.41, 5.74) is 0.619. The van der Waals surface area contributed by atoms with Crippen LogP contribution in [0.2, 0.25) is 0 Å². The highest BCUT2D eigenvalue weighted by atomic mass is 127. The number of rotatable bonds is 6. The number of nitrogens with one attached hydrogen (secondary N) is 2. The monoisotopic (exact) mass is 517 g/mol. The second kappa shape index (κ2) is 12.3. The zero-order chi connectivity index (χ0) is 19.8. The first-order valence-corrected chi connectivity index (χ1v) is 10.4. The topological polar surface area (TPSA) is 60.0 Å². The molecule has 0 unspecified atom stereocenters. The molecule has 0 atom stereocenters. The molecule has 1 aliphatic heterocycles. The standard InChI is InChI=1S/C21H32FN5O.HI/c1-23-21(25-16-18-8-4-5-9-19(18)22)24-10-11-26-12-14-27(15-13-26)20(28)17-6-2-3-7-17;/h4-5,8-9,17H,2-3,6-7,10-16H2,1H3,(H2,23,24,25);1H. The number of nitrogens with zero attached hydrogens (tertiary/aromatic N) is 3. The number of carbonyl (C=O) groups excluding carboxylic acids is 1. The second-order valence-corrected chi connectivity index (χ2v) is 7.59. The minimum absolute atomic E-state index is 0. The van der Waals surface area contributed by atoms with Crippen LogP contribution in [0, 0.1) is 11.7 Å². The molecule has 2 fully saturated rings. The summed E-state index contributed by atoms with van der Waals surface area (Å²) in [6.45, 7) is 5.54. The summed E-state index contributed by atoms with van der Waals surface area (Å²) >= 11 is 0. The Kier molecular flexibility index (Phi) is 10.1. The van der Waals surface area contributed by atoms with Crippen LogP contribution in [0.15, 0.2) is 29.3 Å². The van der Waals surface area contributed by atoms with Crippen molar-refractivity contribution in [3.8, 4) is 0 Å². The van der Waals surface area contributed by atoms with Gasteiger partial charge in [-0.15, -0.1) is 24.0 Å². The summed E-state index contributed by atoms with van der Waals surface area (Å²) in [6, 6.07) is 6.74. The summed E-state index contributed by atoms with van der Waals surface area (Å²) in [6.07, 6.45) is 4.55. The maximum Gasteiger partial charge on any atom is 0.225 e. The Balaban J connectivity index is 0.00000300. The minimum atomic E-state index is -0.213. The zero-order valence-corrected chi connectivity index (χ0v) is 19.5. The number of benzene rings is 1. The summed E-state index contributed by atoms with van der Waals surface area (Å²) in [7, 11) is 1.71. The van der Waals surface area contributed by atoms with Gasteiger partial charge in [-0.1, -0.05) is 31.0 Å². The lowest BCUT2D eigenvalue weighted by Gasteiger charge is -2.36. The van der Waals surface area contributed by atoms with Crippen molar-refractivity contribution in [1.82, 2.24) is 20.4 Å². The molecule has 1 saturated carbocycles. The first-order valence-electron chi connectivity index (χ1n) is 10.4. The first kappa shape index (κ1) is 23.9. The van der Waals surface area contributed by atoms with Crippen molar-refractivity contribution in [2.75, 3.05) is 46.3 Å². The molecule has 162 valence electrons. The lowest BCUT2D eigenvalue weighted by molar-refractivity contribution is -0.137. The van der Waals surface area contributed by atoms with E-state index in [1.165, 1.54) is 18.9 Å². The third-order valence-electron chi connectivity index (χ3n) is 5.74. The van der Waals surface area contributed by atoms with Gasteiger partial charge in [0.1, 0.15) is 5.82 Å². The van der Waals surface area contributed by atoms with Gasteiger partial charge in [0.15, 0.2) is 5.96 Å². The van der Waals surface area contributed by atoms with Crippen LogP contribution in [0.5, 0.6) is 0 Å². The van der Waals surface area contributed by atoms with Gasteiger partial charge >= 0.3 is 0 Å². The summed E-state index contributed by atoms with van der Waals surface area (Å²) < 4.78 is 13.7. The van der Waals surface area contributed by atoms with E-state index in [0.717, 1.165) is 52.1 Å². The van der Waals surface area contributed by atoms with Crippen LogP contribution in [0.1, 0.15) is 31.2 Å². The molecule has 0 bridgehead atoms. The van der Waals surface area contributed by atoms with E-state index in [4.69, 9.17) is 0 Å². The molecule has 1 amide bonds. The Hall–Kier alpha value is -1.42. The third kappa shape index (κ3) is 7.09. The SMILES string of the molecule is CN=C(NCCN1CCN(C(=O)C2CCCC2)CC1)NCc1ccccc1F.I. The zero-order valence-electron chi connectivity index (χ0n) is 17.2. The first-order chi connectivity index (χ1) is 13.7. The van der Waals surface area contributed by atoms with Gasteiger partial charge in [0.2, 0.25) is 5.91 Å². The van der Waals surface area contributed by atoms with E-state index in [-0.39, 0.29) is 35.7 Å². The molecule has 1 aromatic carbocycles. The van der Waals surface area contributed by atoms with E-state index in [1.807, 2.05) is 6.07 Å². The van der Waals surface area contributed by atoms with Crippen LogP contribution in [0.3, 0.4) is 0 Å². The summed E-state index contributed by atoms with van der Waals surface area (Å²) in [5, 5.41) is 6.42. The normalized spacial score (nSPS) is 18.4. The van der Waals surface area contributed by atoms with Crippen LogP contribution in [-0.2, 0) is 11.3 Å². The number of hydrogen-bond acceptors (Lipinski definition) is 3. The van der Waals surface area contributed by atoms with Crippen LogP contribution >= 0.6 is 24.0 Å². The molecule has 8 heteroatoms. The minimum Gasteiger partial charge on any atom is -0.355 e. The Morgan fingerprint density at radius 3 is 2.48 bits per heavy atom. The molecule has 0 spiro atoms. The Morgan fingerprint density at radius 2 is 1.83 bits per heavy atom. The Morgan fingerprint density at radius 1 is 1.14 bits per heavy atom. The number of piperazine rings is 1. The predicted molar refractivity (Wildman–Crippen MR) is 125 cm³/mol. The van der Waals surface area contributed by atoms with E-state index < -0.39 is 0 Å². The van der Waals surface area contributed by atoms with Crippen LogP contribution in [-0.4, -0.2) is 68.0 Å². The van der Waals surface area contributed by atoms with Crippen molar-refractivity contribution in [2.24, 2.45) is 10.9 Å². The molecule has 1 heterocycles. The van der Waals surface area contributed by atoms with Gasteiger partial charge in [0.05, 0.1) is 0 Å². The van der Waals surface area contributed by atoms with E-state index in [0.29, 0.717) is 24.0 Å². The second-order valence-electron chi connectivity index (χ2n) is 7.59. The van der Waals surface area contributed by atoms with Gasteiger partial charge in [-0.3, -0.25) is 14.7 Å². The largest absolute Gasteiger partial charge is 0.355 e. The van der Waals surface area contributed by atoms with Crippen molar-refractivity contribution in [3.05, 3.63) is 35.6 Å². The number of carbonyl (C=O) groups is 1. The van der Waals surface area contributed by atoms with Crippen LogP contribution in [0.4, 0.5) is 4.39 Å². The lowest BCUT2D eigenvalue weighted by Crippen LogP contribution is -2.51. The van der Waals surface area contributed by atoms with Gasteiger partial charge in [0, 0.05) is 64.3 Å². The van der Waals surface area contributed by atoms with E-state index in [2.05, 4.69) is 25.4 Å². The molecule has 2 N–H and O–H groups in total. The van der Waals surface area contributed by atoms with Crippen molar-refractivity contribution in [3.63, 3.8) is 0 Å². The third-order valence-corrected chi connectivity index (χ3v) is 5.74. The maximum absolute atomic E-state index is 13.7. The molecule has 1 aliphatic carbocycles. The predicted octanol–water partition coefficient (Wildman–Crippen LogP) is 2.44. The number of aliphatic imine (C=N–C) groups is 1. The van der Waals surface area contributed by atoms with E-state index in [1.54, 1.807) is 19.2 Å². The Bertz CT molecular complexity index is 673. The smallest absolute Gasteiger partial charge is 0.225 e. The van der Waals surface area contributed by atoms with Gasteiger partial charge in [-0.25, -0.2) is 4.39 Å². The molecule has 2 aliphatic rings. The molecule has 6 nitrogen and oxygen atoms in total. The number of hydrogen-bond donors (Lipinski definition) is 2. The number of halogens is 2. The molecule has 29 heavy (non-hydrogen) atoms. The van der Waals surface area contributed by atoms with Crippen molar-refractivity contribution in [1.29, 1.82) is 0 Å². The highest BCUT2D eigenvalue weighted by Crippen LogP contribution is 2.26. The van der Waals surface area contributed by atoms with Crippen molar-refractivity contribution >= 4 is 35.8 Å². The molecule has 3 rings (SSSR count). The molecule has 1 saturated heterocycles. The fourth-order valence-corrected chi connectivity index (χ4v) is 4.00. The average Bonchev–Trinajstić information content (AvgIpc) is 3.26. The highest BCUT2D eigenvalue weighted by Gasteiger charge is 2.29. The lowest BCUT2D eigenvalue weighted by atomic mass is 10.1. The van der Waals surface area contributed by atoms with Gasteiger partial charge in [0.25, 0.3) is 0 Å². The van der Waals surface area contributed by atoms with Gasteiger partial charge < -0.3 is 15.5 Å². The molecular weight excluding hydrogens is 484 g/mol. The highest BCUT2D eigenvalue weighted by molar-refractivity contribution is 14.0. The van der Waals surface area contributed by atoms with Crippen molar-refractivity contribution < 1.29 is 9.18 Å². The maximum atomic E-state index is 13.7. The van der Waals surface area contributed by atoms with E-state index >= 15 is 0 Å². The van der Waals surface area contributed by atoms with Crippen LogP contribution < -0.4 is 10.6 Å². The van der Waals surface area contributed by atoms with Crippen LogP contribution in [0.25, 0.3) is 0 Å². The quantitative estimate of drug-likeness (QED) is 0.346. The Labute approximate surface area is 190 Å². The molecule has 0 radical (unpaired) electrons. The number of amides is 1. The fourth-order valence-electron chi connectivity index (χ4n) is 4.00. The molecule has 0 aromatic heterocycles. The average molecular weight is 517 g/mol. The molecular formula is C21H33FIN5O. The van der Waals surface area contributed by atoms with Gasteiger partial charge in [-0.2, -0.15) is 0 Å². The van der Waals surface area contributed by atoms with E-state index in [9.17, 15) is 9.18 Å².